The summed E-state index contributed by atoms with van der Waals surface area (Å²) in [6, 6.07) is 16.3. The van der Waals surface area contributed by atoms with Crippen LogP contribution in [0.15, 0.2) is 66.9 Å². The third-order valence-electron chi connectivity index (χ3n) is 5.26. The van der Waals surface area contributed by atoms with Crippen molar-refractivity contribution in [3.63, 3.8) is 0 Å². The molecule has 2 aromatic carbocycles. The van der Waals surface area contributed by atoms with E-state index < -0.39 is 11.7 Å². The summed E-state index contributed by atoms with van der Waals surface area (Å²) in [5.74, 6) is -0.348. The quantitative estimate of drug-likeness (QED) is 0.533. The average molecular weight is 464 g/mol. The van der Waals surface area contributed by atoms with E-state index in [4.69, 9.17) is 9.47 Å². The normalized spacial score (nSPS) is 13.3. The standard InChI is InChI=1S/C25H25FN4O4/c26-20-8-2-3-9-21(20)29-23(31)17-34-22-10-4-1-7-19(22)25(32)28-16-18-6-5-11-27-24(18)30-12-14-33-15-13-30/h1-11H,12-17H2,(H,28,32)(H,29,31). The number of ether oxygens (including phenoxy) is 2. The van der Waals surface area contributed by atoms with Gasteiger partial charge in [-0.15, -0.1) is 0 Å². The molecule has 34 heavy (non-hydrogen) atoms. The highest BCUT2D eigenvalue weighted by Crippen LogP contribution is 2.21. The molecule has 2 N–H and O–H groups in total. The van der Waals surface area contributed by atoms with Crippen molar-refractivity contribution in [3.05, 3.63) is 83.8 Å². The van der Waals surface area contributed by atoms with Gasteiger partial charge in [0.05, 0.1) is 24.5 Å². The zero-order chi connectivity index (χ0) is 23.8. The molecule has 0 unspecified atom stereocenters. The summed E-state index contributed by atoms with van der Waals surface area (Å²) >= 11 is 0. The highest BCUT2D eigenvalue weighted by Gasteiger charge is 2.18. The molecule has 0 aliphatic carbocycles. The molecule has 8 nitrogen and oxygen atoms in total. The maximum Gasteiger partial charge on any atom is 0.262 e. The summed E-state index contributed by atoms with van der Waals surface area (Å²) < 4.78 is 24.7. The predicted molar refractivity (Wildman–Crippen MR) is 125 cm³/mol. The van der Waals surface area contributed by atoms with Crippen LogP contribution in [0, 0.1) is 5.82 Å². The van der Waals surface area contributed by atoms with Crippen molar-refractivity contribution >= 4 is 23.3 Å². The number of carbonyl (C=O) groups excluding carboxylic acids is 2. The van der Waals surface area contributed by atoms with Crippen molar-refractivity contribution in [1.82, 2.24) is 10.3 Å². The highest BCUT2D eigenvalue weighted by atomic mass is 19.1. The molecule has 0 saturated carbocycles. The van der Waals surface area contributed by atoms with Gasteiger partial charge in [0.25, 0.3) is 11.8 Å². The van der Waals surface area contributed by atoms with Crippen molar-refractivity contribution in [3.8, 4) is 5.75 Å². The lowest BCUT2D eigenvalue weighted by molar-refractivity contribution is -0.118. The predicted octanol–water partition coefficient (Wildman–Crippen LogP) is 3.00. The fourth-order valence-electron chi connectivity index (χ4n) is 3.57. The first kappa shape index (κ1) is 23.2. The van der Waals surface area contributed by atoms with Crippen LogP contribution in [-0.2, 0) is 16.1 Å². The number of hydrogen-bond donors (Lipinski definition) is 2. The number of pyridine rings is 1. The second-order valence-corrected chi connectivity index (χ2v) is 7.58. The Bertz CT molecular complexity index is 1150. The Hall–Kier alpha value is -3.98. The Morgan fingerprint density at radius 2 is 1.79 bits per heavy atom. The third-order valence-corrected chi connectivity index (χ3v) is 5.26. The number of aromatic nitrogens is 1. The molecule has 3 aromatic rings. The monoisotopic (exact) mass is 464 g/mol. The van der Waals surface area contributed by atoms with Crippen LogP contribution in [0.1, 0.15) is 15.9 Å². The Kier molecular flexibility index (Phi) is 7.67. The summed E-state index contributed by atoms with van der Waals surface area (Å²) in [5, 5.41) is 5.36. The molecule has 1 aliphatic heterocycles. The van der Waals surface area contributed by atoms with Crippen LogP contribution in [0.2, 0.25) is 0 Å². The lowest BCUT2D eigenvalue weighted by Gasteiger charge is -2.29. The molecular weight excluding hydrogens is 439 g/mol. The Labute approximate surface area is 196 Å². The van der Waals surface area contributed by atoms with Crippen molar-refractivity contribution in [1.29, 1.82) is 0 Å². The molecule has 2 amide bonds. The number of anilines is 2. The van der Waals surface area contributed by atoms with Gasteiger partial charge in [-0.2, -0.15) is 0 Å². The molecule has 0 bridgehead atoms. The van der Waals surface area contributed by atoms with Gasteiger partial charge >= 0.3 is 0 Å². The fraction of sp³-hybridized carbons (Fsp3) is 0.240. The van der Waals surface area contributed by atoms with Gasteiger partial charge in [0.2, 0.25) is 0 Å². The van der Waals surface area contributed by atoms with E-state index in [0.29, 0.717) is 13.2 Å². The van der Waals surface area contributed by atoms with Crippen LogP contribution in [0.3, 0.4) is 0 Å². The number of benzene rings is 2. The van der Waals surface area contributed by atoms with Crippen LogP contribution in [0.5, 0.6) is 5.75 Å². The Morgan fingerprint density at radius 1 is 1.03 bits per heavy atom. The van der Waals surface area contributed by atoms with Gasteiger partial charge in [-0.3, -0.25) is 9.59 Å². The molecule has 9 heteroatoms. The summed E-state index contributed by atoms with van der Waals surface area (Å²) in [6.07, 6.45) is 1.73. The second-order valence-electron chi connectivity index (χ2n) is 7.58. The van der Waals surface area contributed by atoms with Crippen LogP contribution in [-0.4, -0.2) is 49.7 Å². The number of amides is 2. The minimum atomic E-state index is -0.539. The number of carbonyl (C=O) groups is 2. The number of para-hydroxylation sites is 2. The molecular formula is C25H25FN4O4. The summed E-state index contributed by atoms with van der Waals surface area (Å²) in [4.78, 5) is 31.7. The van der Waals surface area contributed by atoms with E-state index in [1.807, 2.05) is 12.1 Å². The van der Waals surface area contributed by atoms with Crippen LogP contribution < -0.4 is 20.3 Å². The third kappa shape index (κ3) is 5.87. The maximum atomic E-state index is 13.7. The topological polar surface area (TPSA) is 92.8 Å². The van der Waals surface area contributed by atoms with Gasteiger partial charge in [-0.05, 0) is 30.3 Å². The molecule has 176 valence electrons. The summed E-state index contributed by atoms with van der Waals surface area (Å²) in [6.45, 7) is 2.66. The molecule has 1 aromatic heterocycles. The lowest BCUT2D eigenvalue weighted by Crippen LogP contribution is -2.37. The number of morpholine rings is 1. The SMILES string of the molecule is O=C(COc1ccccc1C(=O)NCc1cccnc1N1CCOCC1)Nc1ccccc1F. The molecule has 1 saturated heterocycles. The minimum Gasteiger partial charge on any atom is -0.483 e. The number of nitrogens with one attached hydrogen (secondary N) is 2. The van der Waals surface area contributed by atoms with Crippen LogP contribution in [0.25, 0.3) is 0 Å². The average Bonchev–Trinajstić information content (AvgIpc) is 2.88. The van der Waals surface area contributed by atoms with Crippen molar-refractivity contribution in [2.24, 2.45) is 0 Å². The summed E-state index contributed by atoms with van der Waals surface area (Å²) in [7, 11) is 0. The minimum absolute atomic E-state index is 0.0645. The zero-order valence-electron chi connectivity index (χ0n) is 18.5. The zero-order valence-corrected chi connectivity index (χ0v) is 18.5. The number of rotatable bonds is 8. The molecule has 1 fully saturated rings. The molecule has 2 heterocycles. The van der Waals surface area contributed by atoms with Gasteiger partial charge in [0, 0.05) is 31.4 Å². The van der Waals surface area contributed by atoms with E-state index in [9.17, 15) is 14.0 Å². The lowest BCUT2D eigenvalue weighted by atomic mass is 10.1. The van der Waals surface area contributed by atoms with E-state index in [1.165, 1.54) is 18.2 Å². The van der Waals surface area contributed by atoms with Crippen molar-refractivity contribution < 1.29 is 23.5 Å². The molecule has 0 spiro atoms. The van der Waals surface area contributed by atoms with E-state index in [0.717, 1.165) is 24.5 Å². The molecule has 1 aliphatic rings. The van der Waals surface area contributed by atoms with Gasteiger partial charge in [0.15, 0.2) is 6.61 Å². The largest absolute Gasteiger partial charge is 0.483 e. The molecule has 4 rings (SSSR count). The van der Waals surface area contributed by atoms with Gasteiger partial charge in [0.1, 0.15) is 17.4 Å². The molecule has 0 radical (unpaired) electrons. The first-order valence-electron chi connectivity index (χ1n) is 10.9. The smallest absolute Gasteiger partial charge is 0.262 e. The summed E-state index contributed by atoms with van der Waals surface area (Å²) in [5.41, 5.74) is 1.24. The first-order chi connectivity index (χ1) is 16.6. The van der Waals surface area contributed by atoms with E-state index in [-0.39, 0.29) is 36.1 Å². The van der Waals surface area contributed by atoms with E-state index in [2.05, 4.69) is 20.5 Å². The highest BCUT2D eigenvalue weighted by molar-refractivity contribution is 5.97. The van der Waals surface area contributed by atoms with E-state index >= 15 is 0 Å². The number of halogens is 1. The van der Waals surface area contributed by atoms with Crippen molar-refractivity contribution in [2.75, 3.05) is 43.1 Å². The van der Waals surface area contributed by atoms with Crippen molar-refractivity contribution in [2.45, 2.75) is 6.54 Å². The van der Waals surface area contributed by atoms with Crippen LogP contribution >= 0.6 is 0 Å². The Morgan fingerprint density at radius 3 is 2.62 bits per heavy atom. The second kappa shape index (κ2) is 11.2. The first-order valence-corrected chi connectivity index (χ1v) is 10.9. The van der Waals surface area contributed by atoms with Gasteiger partial charge in [-0.25, -0.2) is 9.37 Å². The van der Waals surface area contributed by atoms with E-state index in [1.54, 1.807) is 36.5 Å². The molecule has 0 atom stereocenters. The fourth-order valence-corrected chi connectivity index (χ4v) is 3.57. The van der Waals surface area contributed by atoms with Gasteiger partial charge in [-0.1, -0.05) is 30.3 Å². The number of nitrogens with zero attached hydrogens (tertiary/aromatic N) is 2. The number of hydrogen-bond acceptors (Lipinski definition) is 6. The maximum absolute atomic E-state index is 13.7. The van der Waals surface area contributed by atoms with Crippen LogP contribution in [0.4, 0.5) is 15.9 Å². The van der Waals surface area contributed by atoms with Gasteiger partial charge < -0.3 is 25.0 Å². The Balaban J connectivity index is 1.37.